The number of hydrogen-bond donors (Lipinski definition) is 0. The summed E-state index contributed by atoms with van der Waals surface area (Å²) in [6.45, 7) is 0. The Morgan fingerprint density at radius 3 is 1.15 bits per heavy atom. The third kappa shape index (κ3) is 5.67. The first-order valence-corrected chi connectivity index (χ1v) is 14.0. The van der Waals surface area contributed by atoms with Gasteiger partial charge in [0.2, 0.25) is 0 Å². The maximum atomic E-state index is 5.72. The predicted molar refractivity (Wildman–Crippen MR) is 122 cm³/mol. The maximum Gasteiger partial charge on any atom is 0.179 e. The van der Waals surface area contributed by atoms with Crippen molar-refractivity contribution in [2.45, 2.75) is 0 Å². The number of hydrogen-bond acceptors (Lipinski definition) is 1. The third-order valence-corrected chi connectivity index (χ3v) is 8.10. The van der Waals surface area contributed by atoms with Gasteiger partial charge < -0.3 is 4.74 Å². The number of rotatable bonds is 5. The molecule has 0 radical (unpaired) electrons. The summed E-state index contributed by atoms with van der Waals surface area (Å²) < 4.78 is 5.72. The van der Waals surface area contributed by atoms with Gasteiger partial charge in [0.15, 0.2) is 12.3 Å². The van der Waals surface area contributed by atoms with Crippen molar-refractivity contribution in [1.82, 2.24) is 0 Å². The zero-order valence-corrected chi connectivity index (χ0v) is 18.4. The van der Waals surface area contributed by atoms with Crippen molar-refractivity contribution >= 4 is 62.9 Å². The van der Waals surface area contributed by atoms with Crippen LogP contribution in [0.2, 0.25) is 0 Å². The standard InChI is InChI=1S/C20H20OP.Cl3P/c1-21-17-22(18-11-5-2-6-12-18,19-13-7-3-8-14-19)20-15-9-4-10-16-20;1-4(2)3/h2-16H,17H2,1H3;/q+1;. The molecule has 0 heterocycles. The summed E-state index contributed by atoms with van der Waals surface area (Å²) in [4.78, 5) is 0. The number of halogens is 3. The van der Waals surface area contributed by atoms with Crippen molar-refractivity contribution in [1.29, 1.82) is 0 Å². The van der Waals surface area contributed by atoms with Crippen LogP contribution in [0.1, 0.15) is 0 Å². The largest absolute Gasteiger partial charge is 0.348 e. The molecule has 0 atom stereocenters. The highest BCUT2D eigenvalue weighted by molar-refractivity contribution is 8.20. The van der Waals surface area contributed by atoms with E-state index in [9.17, 15) is 0 Å². The Kier molecular flexibility index (Phi) is 9.37. The second-order valence-electron chi connectivity index (χ2n) is 5.43. The maximum absolute atomic E-state index is 5.72. The van der Waals surface area contributed by atoms with E-state index >= 15 is 0 Å². The monoisotopic (exact) mass is 443 g/mol. The van der Waals surface area contributed by atoms with E-state index in [4.69, 9.17) is 38.5 Å². The molecule has 3 rings (SSSR count). The van der Waals surface area contributed by atoms with E-state index in [1.807, 2.05) is 0 Å². The van der Waals surface area contributed by atoms with Gasteiger partial charge in [0.1, 0.15) is 23.2 Å². The van der Waals surface area contributed by atoms with Crippen LogP contribution in [-0.4, -0.2) is 13.5 Å². The van der Waals surface area contributed by atoms with Crippen LogP contribution in [0.3, 0.4) is 0 Å². The zero-order chi connectivity index (χ0) is 18.8. The second kappa shape index (κ2) is 11.3. The summed E-state index contributed by atoms with van der Waals surface area (Å²) in [7, 11) is 0.0197. The van der Waals surface area contributed by atoms with Gasteiger partial charge in [-0.2, -0.15) is 0 Å². The van der Waals surface area contributed by atoms with Crippen LogP contribution in [0.5, 0.6) is 0 Å². The van der Waals surface area contributed by atoms with E-state index in [-0.39, 0.29) is 0 Å². The lowest BCUT2D eigenvalue weighted by molar-refractivity contribution is 0.255. The topological polar surface area (TPSA) is 9.23 Å². The zero-order valence-electron chi connectivity index (χ0n) is 14.3. The summed E-state index contributed by atoms with van der Waals surface area (Å²) in [6.07, 6.45) is 0.713. The van der Waals surface area contributed by atoms with Crippen molar-refractivity contribution in [3.8, 4) is 0 Å². The summed E-state index contributed by atoms with van der Waals surface area (Å²) in [5.74, 6) is -1.20. The summed E-state index contributed by atoms with van der Waals surface area (Å²) in [5.41, 5.74) is 0. The Balaban J connectivity index is 0.000000552. The Morgan fingerprint density at radius 2 is 0.923 bits per heavy atom. The molecule has 0 N–H and O–H groups in total. The van der Waals surface area contributed by atoms with E-state index in [1.165, 1.54) is 15.9 Å². The van der Waals surface area contributed by atoms with Crippen LogP contribution in [0.15, 0.2) is 91.0 Å². The van der Waals surface area contributed by atoms with Crippen LogP contribution >= 0.6 is 47.0 Å². The van der Waals surface area contributed by atoms with Crippen molar-refractivity contribution in [3.63, 3.8) is 0 Å². The van der Waals surface area contributed by atoms with Gasteiger partial charge in [-0.1, -0.05) is 88.3 Å². The van der Waals surface area contributed by atoms with E-state index in [2.05, 4.69) is 91.0 Å². The molecule has 26 heavy (non-hydrogen) atoms. The highest BCUT2D eigenvalue weighted by Gasteiger charge is 2.45. The van der Waals surface area contributed by atoms with Crippen LogP contribution in [0.4, 0.5) is 0 Å². The molecule has 0 saturated carbocycles. The molecule has 0 fully saturated rings. The molecule has 6 heteroatoms. The molecule has 0 saturated heterocycles. The first-order valence-electron chi connectivity index (χ1n) is 7.92. The third-order valence-electron chi connectivity index (χ3n) is 3.91. The summed E-state index contributed by atoms with van der Waals surface area (Å²) in [5, 5.41) is 4.07. The summed E-state index contributed by atoms with van der Waals surface area (Å²) in [6, 6.07) is 32.3. The minimum Gasteiger partial charge on any atom is -0.348 e. The Hall–Kier alpha value is -0.650. The first-order chi connectivity index (χ1) is 12.6. The minimum atomic E-state index is -1.78. The Morgan fingerprint density at radius 1 is 0.654 bits per heavy atom. The molecule has 0 aliphatic rings. The molecule has 0 aromatic heterocycles. The summed E-state index contributed by atoms with van der Waals surface area (Å²) >= 11 is 14.6. The van der Waals surface area contributed by atoms with E-state index < -0.39 is 13.2 Å². The van der Waals surface area contributed by atoms with Gasteiger partial charge in [-0.05, 0) is 36.4 Å². The molecule has 0 spiro atoms. The number of benzene rings is 3. The van der Waals surface area contributed by atoms with E-state index in [0.717, 1.165) is 0 Å². The fourth-order valence-electron chi connectivity index (χ4n) is 2.91. The van der Waals surface area contributed by atoms with Crippen LogP contribution in [0.25, 0.3) is 0 Å². The van der Waals surface area contributed by atoms with E-state index in [1.54, 1.807) is 7.11 Å². The van der Waals surface area contributed by atoms with Crippen molar-refractivity contribution in [3.05, 3.63) is 91.0 Å². The molecule has 136 valence electrons. The molecular formula is C20H20Cl3OP2+. The molecule has 0 amide bonds. The lowest BCUT2D eigenvalue weighted by Crippen LogP contribution is -2.33. The Labute approximate surface area is 171 Å². The number of methoxy groups -OCH3 is 1. The fourth-order valence-corrected chi connectivity index (χ4v) is 6.68. The smallest absolute Gasteiger partial charge is 0.179 e. The van der Waals surface area contributed by atoms with Crippen molar-refractivity contribution in [2.75, 3.05) is 13.5 Å². The van der Waals surface area contributed by atoms with Gasteiger partial charge in [0.25, 0.3) is 0 Å². The lowest BCUT2D eigenvalue weighted by atomic mass is 10.4. The highest BCUT2D eigenvalue weighted by Crippen LogP contribution is 2.55. The Bertz CT molecular complexity index is 656. The SMILES string of the molecule is COC[P+](c1ccccc1)(c1ccccc1)c1ccccc1.ClP(Cl)Cl. The van der Waals surface area contributed by atoms with Gasteiger partial charge in [-0.25, -0.2) is 0 Å². The quantitative estimate of drug-likeness (QED) is 0.407. The van der Waals surface area contributed by atoms with E-state index in [0.29, 0.717) is 6.35 Å². The molecule has 0 aliphatic heterocycles. The molecule has 3 aromatic carbocycles. The number of ether oxygens (including phenoxy) is 1. The highest BCUT2D eigenvalue weighted by atomic mass is 36.0. The molecule has 0 unspecified atom stereocenters. The average molecular weight is 445 g/mol. The normalized spacial score (nSPS) is 11.0. The van der Waals surface area contributed by atoms with Gasteiger partial charge in [-0.15, -0.1) is 0 Å². The van der Waals surface area contributed by atoms with Crippen molar-refractivity contribution in [2.24, 2.45) is 0 Å². The van der Waals surface area contributed by atoms with Gasteiger partial charge in [0.05, 0.1) is 0 Å². The molecule has 1 nitrogen and oxygen atoms in total. The average Bonchev–Trinajstić information content (AvgIpc) is 2.68. The molecular weight excluding hydrogens is 425 g/mol. The fraction of sp³-hybridized carbons (Fsp3) is 0.100. The van der Waals surface area contributed by atoms with Crippen LogP contribution in [0, 0.1) is 0 Å². The molecule has 0 bridgehead atoms. The van der Waals surface area contributed by atoms with Crippen LogP contribution < -0.4 is 15.9 Å². The lowest BCUT2D eigenvalue weighted by Gasteiger charge is -2.26. The molecule has 3 aromatic rings. The predicted octanol–water partition coefficient (Wildman–Crippen LogP) is 6.51. The van der Waals surface area contributed by atoms with Gasteiger partial charge in [0, 0.05) is 7.11 Å². The van der Waals surface area contributed by atoms with Crippen molar-refractivity contribution < 1.29 is 4.74 Å². The van der Waals surface area contributed by atoms with Gasteiger partial charge in [-0.3, -0.25) is 0 Å². The first kappa shape index (κ1) is 21.6. The van der Waals surface area contributed by atoms with Gasteiger partial charge >= 0.3 is 0 Å². The van der Waals surface area contributed by atoms with Crippen LogP contribution in [-0.2, 0) is 4.74 Å². The second-order valence-corrected chi connectivity index (χ2v) is 13.8. The minimum absolute atomic E-state index is 0.713. The molecule has 0 aliphatic carbocycles.